The lowest BCUT2D eigenvalue weighted by molar-refractivity contribution is -0.141. The molecular weight excluding hydrogens is 188 g/mol. The van der Waals surface area contributed by atoms with E-state index in [0.29, 0.717) is 12.0 Å². The average Bonchev–Trinajstić information content (AvgIpc) is 2.27. The summed E-state index contributed by atoms with van der Waals surface area (Å²) in [5, 5.41) is 0. The fraction of sp³-hybridized carbons (Fsp3) is 0.923. The number of carbonyl (C=O) groups is 1. The van der Waals surface area contributed by atoms with Crippen LogP contribution in [0.4, 0.5) is 0 Å². The maximum Gasteiger partial charge on any atom is 0.302 e. The van der Waals surface area contributed by atoms with Crippen molar-refractivity contribution in [3.05, 3.63) is 0 Å². The van der Waals surface area contributed by atoms with E-state index in [1.54, 1.807) is 0 Å². The minimum absolute atomic E-state index is 0.139. The van der Waals surface area contributed by atoms with Crippen LogP contribution in [0.2, 0.25) is 0 Å². The molecule has 3 fully saturated rings. The van der Waals surface area contributed by atoms with Gasteiger partial charge in [0, 0.05) is 6.92 Å². The number of hydrogen-bond acceptors (Lipinski definition) is 2. The highest BCUT2D eigenvalue weighted by Gasteiger charge is 2.39. The molecule has 0 spiro atoms. The molecule has 0 aliphatic heterocycles. The molecule has 3 rings (SSSR count). The minimum atomic E-state index is -0.139. The summed E-state index contributed by atoms with van der Waals surface area (Å²) in [6, 6.07) is 0. The third kappa shape index (κ3) is 2.73. The van der Waals surface area contributed by atoms with E-state index in [4.69, 9.17) is 4.74 Å². The molecule has 3 saturated carbocycles. The molecule has 0 amide bonds. The highest BCUT2D eigenvalue weighted by Crippen LogP contribution is 2.52. The third-order valence-electron chi connectivity index (χ3n) is 4.41. The van der Waals surface area contributed by atoms with Gasteiger partial charge in [-0.15, -0.1) is 0 Å². The van der Waals surface area contributed by atoms with Crippen LogP contribution in [0.15, 0.2) is 0 Å². The van der Waals surface area contributed by atoms with Gasteiger partial charge in [0.1, 0.15) is 0 Å². The fourth-order valence-corrected chi connectivity index (χ4v) is 3.38. The number of rotatable bonds is 4. The molecule has 0 aromatic rings. The average molecular weight is 210 g/mol. The molecule has 0 N–H and O–H groups in total. The Labute approximate surface area is 92.4 Å². The Hall–Kier alpha value is -0.530. The molecule has 0 aromatic carbocycles. The highest BCUT2D eigenvalue weighted by atomic mass is 16.5. The fourth-order valence-electron chi connectivity index (χ4n) is 3.38. The zero-order valence-corrected chi connectivity index (χ0v) is 9.76. The molecule has 3 aliphatic rings. The Morgan fingerprint density at radius 3 is 2.40 bits per heavy atom. The van der Waals surface area contributed by atoms with E-state index in [1.165, 1.54) is 51.9 Å². The number of fused-ring (bicyclic) bond motifs is 3. The summed E-state index contributed by atoms with van der Waals surface area (Å²) in [6.45, 7) is 2.12. The van der Waals surface area contributed by atoms with E-state index in [0.717, 1.165) is 12.3 Å². The summed E-state index contributed by atoms with van der Waals surface area (Å²) in [4.78, 5) is 10.6. The first kappa shape index (κ1) is 11.0. The molecule has 2 heteroatoms. The van der Waals surface area contributed by atoms with Gasteiger partial charge in [0.25, 0.3) is 0 Å². The molecule has 3 aliphatic carbocycles. The molecule has 0 unspecified atom stereocenters. The lowest BCUT2D eigenvalue weighted by Crippen LogP contribution is -2.34. The van der Waals surface area contributed by atoms with Crippen molar-refractivity contribution in [2.75, 3.05) is 6.61 Å². The van der Waals surface area contributed by atoms with Gasteiger partial charge in [0.15, 0.2) is 0 Å². The highest BCUT2D eigenvalue weighted by molar-refractivity contribution is 5.65. The molecule has 0 atom stereocenters. The molecule has 2 bridgehead atoms. The van der Waals surface area contributed by atoms with Crippen molar-refractivity contribution >= 4 is 5.97 Å². The lowest BCUT2D eigenvalue weighted by atomic mass is 9.59. The Bertz CT molecular complexity index is 213. The standard InChI is InChI=1S/C13H22O2/c1-11(14)15-10-2-6-13-7-3-12(4-8-13)5-9-13/h12H,2-10H2,1H3. The molecule has 0 aromatic heterocycles. The number of carbonyl (C=O) groups excluding carboxylic acids is 1. The Balaban J connectivity index is 1.71. The van der Waals surface area contributed by atoms with Crippen molar-refractivity contribution in [3.8, 4) is 0 Å². The van der Waals surface area contributed by atoms with Crippen LogP contribution in [0.3, 0.4) is 0 Å². The van der Waals surface area contributed by atoms with Crippen LogP contribution in [-0.4, -0.2) is 12.6 Å². The first-order valence-corrected chi connectivity index (χ1v) is 6.34. The van der Waals surface area contributed by atoms with Crippen LogP contribution >= 0.6 is 0 Å². The van der Waals surface area contributed by atoms with Gasteiger partial charge in [-0.05, 0) is 62.7 Å². The van der Waals surface area contributed by atoms with Crippen molar-refractivity contribution in [1.82, 2.24) is 0 Å². The van der Waals surface area contributed by atoms with Crippen LogP contribution in [0, 0.1) is 11.3 Å². The summed E-state index contributed by atoms with van der Waals surface area (Å²) in [5.74, 6) is 0.903. The number of hydrogen-bond donors (Lipinski definition) is 0. The molecular formula is C13H22O2. The summed E-state index contributed by atoms with van der Waals surface area (Å²) >= 11 is 0. The zero-order chi connectivity index (χ0) is 10.7. The molecule has 2 nitrogen and oxygen atoms in total. The van der Waals surface area contributed by atoms with Crippen molar-refractivity contribution < 1.29 is 9.53 Å². The molecule has 0 heterocycles. The summed E-state index contributed by atoms with van der Waals surface area (Å²) < 4.78 is 5.00. The van der Waals surface area contributed by atoms with Crippen molar-refractivity contribution in [3.63, 3.8) is 0 Å². The molecule has 86 valence electrons. The van der Waals surface area contributed by atoms with Gasteiger partial charge in [-0.2, -0.15) is 0 Å². The molecule has 15 heavy (non-hydrogen) atoms. The predicted molar refractivity (Wildman–Crippen MR) is 59.5 cm³/mol. The normalized spacial score (nSPS) is 34.1. The smallest absolute Gasteiger partial charge is 0.302 e. The van der Waals surface area contributed by atoms with Gasteiger partial charge in [-0.25, -0.2) is 0 Å². The van der Waals surface area contributed by atoms with Crippen LogP contribution in [0.1, 0.15) is 58.3 Å². The van der Waals surface area contributed by atoms with E-state index in [9.17, 15) is 4.79 Å². The first-order chi connectivity index (χ1) is 7.20. The molecule has 0 radical (unpaired) electrons. The maximum absolute atomic E-state index is 10.6. The van der Waals surface area contributed by atoms with Crippen LogP contribution in [-0.2, 0) is 9.53 Å². The second kappa shape index (κ2) is 4.54. The second-order valence-corrected chi connectivity index (χ2v) is 5.43. The summed E-state index contributed by atoms with van der Waals surface area (Å²) in [6.07, 6.45) is 11.0. The van der Waals surface area contributed by atoms with E-state index < -0.39 is 0 Å². The lowest BCUT2D eigenvalue weighted by Gasteiger charge is -2.46. The van der Waals surface area contributed by atoms with E-state index in [-0.39, 0.29) is 5.97 Å². The number of esters is 1. The largest absolute Gasteiger partial charge is 0.466 e. The zero-order valence-electron chi connectivity index (χ0n) is 9.76. The van der Waals surface area contributed by atoms with Crippen molar-refractivity contribution in [2.24, 2.45) is 11.3 Å². The number of ether oxygens (including phenoxy) is 1. The van der Waals surface area contributed by atoms with Gasteiger partial charge >= 0.3 is 5.97 Å². The first-order valence-electron chi connectivity index (χ1n) is 6.34. The Morgan fingerprint density at radius 1 is 1.27 bits per heavy atom. The van der Waals surface area contributed by atoms with Crippen LogP contribution < -0.4 is 0 Å². The monoisotopic (exact) mass is 210 g/mol. The van der Waals surface area contributed by atoms with Gasteiger partial charge in [0.05, 0.1) is 6.61 Å². The van der Waals surface area contributed by atoms with Crippen LogP contribution in [0.25, 0.3) is 0 Å². The van der Waals surface area contributed by atoms with Crippen LogP contribution in [0.5, 0.6) is 0 Å². The second-order valence-electron chi connectivity index (χ2n) is 5.43. The summed E-state index contributed by atoms with van der Waals surface area (Å²) in [7, 11) is 0. The Morgan fingerprint density at radius 2 is 1.87 bits per heavy atom. The van der Waals surface area contributed by atoms with Crippen molar-refractivity contribution in [2.45, 2.75) is 58.3 Å². The quantitative estimate of drug-likeness (QED) is 0.525. The predicted octanol–water partition coefficient (Wildman–Crippen LogP) is 3.30. The topological polar surface area (TPSA) is 26.3 Å². The third-order valence-corrected chi connectivity index (χ3v) is 4.41. The minimum Gasteiger partial charge on any atom is -0.466 e. The van der Waals surface area contributed by atoms with E-state index in [2.05, 4.69) is 0 Å². The van der Waals surface area contributed by atoms with Gasteiger partial charge < -0.3 is 4.74 Å². The van der Waals surface area contributed by atoms with E-state index >= 15 is 0 Å². The van der Waals surface area contributed by atoms with Crippen molar-refractivity contribution in [1.29, 1.82) is 0 Å². The maximum atomic E-state index is 10.6. The van der Waals surface area contributed by atoms with Gasteiger partial charge in [-0.1, -0.05) is 0 Å². The Kier molecular flexibility index (Phi) is 3.32. The van der Waals surface area contributed by atoms with E-state index in [1.807, 2.05) is 0 Å². The molecule has 0 saturated heterocycles. The van der Waals surface area contributed by atoms with Gasteiger partial charge in [0.2, 0.25) is 0 Å². The summed E-state index contributed by atoms with van der Waals surface area (Å²) in [5.41, 5.74) is 0.634. The van der Waals surface area contributed by atoms with Gasteiger partial charge in [-0.3, -0.25) is 4.79 Å². The SMILES string of the molecule is CC(=O)OCCCC12CCC(CC1)CC2.